The second kappa shape index (κ2) is 6.39. The van der Waals surface area contributed by atoms with Gasteiger partial charge in [0.05, 0.1) is 22.4 Å². The summed E-state index contributed by atoms with van der Waals surface area (Å²) in [5.41, 5.74) is 5.63. The van der Waals surface area contributed by atoms with E-state index in [0.717, 1.165) is 38.8 Å². The molecule has 0 fully saturated rings. The molecule has 3 aromatic carbocycles. The third-order valence-corrected chi connectivity index (χ3v) is 4.85. The van der Waals surface area contributed by atoms with Crippen molar-refractivity contribution in [2.75, 3.05) is 0 Å². The van der Waals surface area contributed by atoms with Crippen LogP contribution in [0.2, 0.25) is 0 Å². The Kier molecular flexibility index (Phi) is 3.72. The van der Waals surface area contributed by atoms with E-state index in [-0.39, 0.29) is 5.91 Å². The van der Waals surface area contributed by atoms with Crippen LogP contribution in [-0.2, 0) is 0 Å². The van der Waals surface area contributed by atoms with Gasteiger partial charge in [0.2, 0.25) is 0 Å². The fourth-order valence-electron chi connectivity index (χ4n) is 3.40. The van der Waals surface area contributed by atoms with E-state index in [4.69, 9.17) is 4.98 Å². The maximum absolute atomic E-state index is 12.4. The number of azo groups is 1. The van der Waals surface area contributed by atoms with Gasteiger partial charge in [0.25, 0.3) is 5.91 Å². The van der Waals surface area contributed by atoms with Crippen molar-refractivity contribution in [3.63, 3.8) is 0 Å². The number of nitrogens with zero attached hydrogens (tertiary/aromatic N) is 3. The quantitative estimate of drug-likeness (QED) is 0.387. The Morgan fingerprint density at radius 2 is 1.61 bits per heavy atom. The van der Waals surface area contributed by atoms with Gasteiger partial charge in [-0.2, -0.15) is 0 Å². The molecule has 28 heavy (non-hydrogen) atoms. The zero-order chi connectivity index (χ0) is 19.1. The predicted octanol–water partition coefficient (Wildman–Crippen LogP) is 6.05. The summed E-state index contributed by atoms with van der Waals surface area (Å²) in [5, 5.41) is 10.2. The average Bonchev–Trinajstić information content (AvgIpc) is 3.03. The van der Waals surface area contributed by atoms with Crippen molar-refractivity contribution in [3.05, 3.63) is 83.9 Å². The van der Waals surface area contributed by atoms with Gasteiger partial charge in [-0.1, -0.05) is 54.1 Å². The molecule has 1 heterocycles. The molecule has 0 bridgehead atoms. The first-order valence-corrected chi connectivity index (χ1v) is 9.02. The Morgan fingerprint density at radius 1 is 0.893 bits per heavy atom. The van der Waals surface area contributed by atoms with Gasteiger partial charge in [0.15, 0.2) is 0 Å². The zero-order valence-electron chi connectivity index (χ0n) is 15.2. The van der Waals surface area contributed by atoms with E-state index in [1.54, 1.807) is 12.1 Å². The monoisotopic (exact) mass is 364 g/mol. The third-order valence-electron chi connectivity index (χ3n) is 4.85. The molecular weight excluding hydrogens is 348 g/mol. The van der Waals surface area contributed by atoms with Crippen molar-refractivity contribution in [1.29, 1.82) is 0 Å². The van der Waals surface area contributed by atoms with Gasteiger partial charge in [-0.3, -0.25) is 4.79 Å². The van der Waals surface area contributed by atoms with Crippen LogP contribution in [0.1, 0.15) is 15.9 Å². The molecule has 134 valence electrons. The molecule has 1 aliphatic carbocycles. The lowest BCUT2D eigenvalue weighted by atomic mass is 10.1. The lowest BCUT2D eigenvalue weighted by Crippen LogP contribution is -1.93. The van der Waals surface area contributed by atoms with Crippen LogP contribution < -0.4 is 0 Å². The maximum Gasteiger partial charge on any atom is 0.295 e. The molecule has 5 nitrogen and oxygen atoms in total. The number of hydrogen-bond acceptors (Lipinski definition) is 3. The lowest BCUT2D eigenvalue weighted by molar-refractivity contribution is 0.0995. The van der Waals surface area contributed by atoms with Gasteiger partial charge in [0, 0.05) is 16.3 Å². The number of para-hydroxylation sites is 2. The van der Waals surface area contributed by atoms with Crippen LogP contribution in [-0.4, -0.2) is 15.9 Å². The van der Waals surface area contributed by atoms with Gasteiger partial charge in [0.1, 0.15) is 5.69 Å². The Bertz CT molecular complexity index is 1330. The van der Waals surface area contributed by atoms with Crippen molar-refractivity contribution in [1.82, 2.24) is 9.97 Å². The normalized spacial score (nSPS) is 11.8. The minimum Gasteiger partial charge on any atom is -0.350 e. The number of carbonyl (C=O) groups excluding carboxylic acids is 1. The van der Waals surface area contributed by atoms with E-state index in [9.17, 15) is 4.79 Å². The van der Waals surface area contributed by atoms with Gasteiger partial charge in [-0.05, 0) is 31.2 Å². The van der Waals surface area contributed by atoms with Gasteiger partial charge >= 0.3 is 0 Å². The molecule has 1 aliphatic heterocycles. The van der Waals surface area contributed by atoms with E-state index in [2.05, 4.69) is 15.2 Å². The molecule has 0 saturated carbocycles. The highest BCUT2D eigenvalue weighted by Gasteiger charge is 2.20. The fourth-order valence-corrected chi connectivity index (χ4v) is 3.40. The van der Waals surface area contributed by atoms with E-state index >= 15 is 0 Å². The number of rotatable bonds is 2. The van der Waals surface area contributed by atoms with Crippen molar-refractivity contribution < 1.29 is 4.79 Å². The number of aromatic amines is 1. The summed E-state index contributed by atoms with van der Waals surface area (Å²) < 4.78 is 0. The summed E-state index contributed by atoms with van der Waals surface area (Å²) in [4.78, 5) is 20.7. The number of nitrogens with one attached hydrogen (secondary N) is 1. The molecule has 5 rings (SSSR count). The van der Waals surface area contributed by atoms with Crippen LogP contribution in [0.3, 0.4) is 0 Å². The number of benzene rings is 3. The molecule has 0 atom stereocenters. The first-order valence-electron chi connectivity index (χ1n) is 9.02. The van der Waals surface area contributed by atoms with Crippen molar-refractivity contribution >= 4 is 33.4 Å². The summed E-state index contributed by atoms with van der Waals surface area (Å²) >= 11 is 0. The topological polar surface area (TPSA) is 70.5 Å². The molecular formula is C23H16N4O. The van der Waals surface area contributed by atoms with Crippen LogP contribution in [0, 0.1) is 6.92 Å². The number of hydrogen-bond donors (Lipinski definition) is 1. The molecule has 3 aromatic rings. The maximum atomic E-state index is 12.4. The smallest absolute Gasteiger partial charge is 0.295 e. The fraction of sp³-hybridized carbons (Fsp3) is 0.0435. The number of H-pyrrole nitrogens is 1. The van der Waals surface area contributed by atoms with Crippen LogP contribution in [0.5, 0.6) is 0 Å². The molecule has 0 unspecified atom stereocenters. The zero-order valence-corrected chi connectivity index (χ0v) is 15.2. The van der Waals surface area contributed by atoms with Crippen LogP contribution in [0.25, 0.3) is 33.2 Å². The molecule has 1 amide bonds. The lowest BCUT2D eigenvalue weighted by Gasteiger charge is -2.04. The summed E-state index contributed by atoms with van der Waals surface area (Å²) in [6, 6.07) is 23.1. The van der Waals surface area contributed by atoms with Gasteiger partial charge in [-0.15, -0.1) is 10.2 Å². The molecule has 2 aliphatic rings. The average molecular weight is 364 g/mol. The first-order chi connectivity index (χ1) is 13.7. The van der Waals surface area contributed by atoms with Crippen LogP contribution in [0.15, 0.2) is 83.0 Å². The molecule has 0 saturated heterocycles. The Balaban J connectivity index is 1.68. The second-order valence-electron chi connectivity index (χ2n) is 6.74. The van der Waals surface area contributed by atoms with Gasteiger partial charge < -0.3 is 4.98 Å². The third kappa shape index (κ3) is 2.65. The number of carbonyl (C=O) groups is 1. The highest BCUT2D eigenvalue weighted by molar-refractivity contribution is 6.11. The number of aryl methyl sites for hydroxylation is 1. The van der Waals surface area contributed by atoms with Crippen LogP contribution >= 0.6 is 0 Å². The molecule has 0 spiro atoms. The molecule has 0 aromatic heterocycles. The second-order valence-corrected chi connectivity index (χ2v) is 6.74. The van der Waals surface area contributed by atoms with E-state index in [0.29, 0.717) is 11.3 Å². The van der Waals surface area contributed by atoms with Crippen LogP contribution in [0.4, 0.5) is 5.69 Å². The largest absolute Gasteiger partial charge is 0.350 e. The molecule has 5 heteroatoms. The Labute approximate surface area is 161 Å². The summed E-state index contributed by atoms with van der Waals surface area (Å²) in [6.07, 6.45) is 0. The summed E-state index contributed by atoms with van der Waals surface area (Å²) in [5.74, 6) is -0.368. The number of fused-ring (bicyclic) bond motifs is 4. The van der Waals surface area contributed by atoms with Crippen molar-refractivity contribution in [3.8, 4) is 11.4 Å². The van der Waals surface area contributed by atoms with Crippen molar-refractivity contribution in [2.45, 2.75) is 6.92 Å². The number of amides is 1. The Morgan fingerprint density at radius 3 is 2.43 bits per heavy atom. The highest BCUT2D eigenvalue weighted by Crippen LogP contribution is 2.43. The van der Waals surface area contributed by atoms with E-state index in [1.165, 1.54) is 0 Å². The van der Waals surface area contributed by atoms with E-state index < -0.39 is 0 Å². The minimum absolute atomic E-state index is 0.368. The van der Waals surface area contributed by atoms with E-state index in [1.807, 2.05) is 67.6 Å². The number of aromatic nitrogens is 2. The predicted molar refractivity (Wildman–Crippen MR) is 110 cm³/mol. The highest BCUT2D eigenvalue weighted by atomic mass is 16.1. The summed E-state index contributed by atoms with van der Waals surface area (Å²) in [6.45, 7) is 1.98. The SMILES string of the molecule is Cc1ccc(C(=O)N=Nc2c3[nH]c4ccccc4nc-3c3ccccc23)cc1. The summed E-state index contributed by atoms with van der Waals surface area (Å²) in [7, 11) is 0. The van der Waals surface area contributed by atoms with Crippen molar-refractivity contribution in [2.24, 2.45) is 10.2 Å². The minimum atomic E-state index is -0.368. The molecule has 1 N–H and O–H groups in total. The first kappa shape index (κ1) is 16.3. The van der Waals surface area contributed by atoms with Gasteiger partial charge in [-0.25, -0.2) is 4.98 Å². The Hall–Kier alpha value is -3.86. The molecule has 0 radical (unpaired) electrons. The standard InChI is InChI=1S/C23H16N4O/c1-14-10-12-15(13-11-14)23(28)27-26-21-17-7-3-2-6-16(17)20-22(21)25-19-9-5-4-8-18(19)24-20/h2-13,25H,1H3.